The zero-order valence-electron chi connectivity index (χ0n) is 28.6. The highest BCUT2D eigenvalue weighted by Gasteiger charge is 2.57. The van der Waals surface area contributed by atoms with E-state index in [4.69, 9.17) is 11.6 Å². The molecule has 1 saturated carbocycles. The van der Waals surface area contributed by atoms with E-state index in [1.807, 2.05) is 12.1 Å². The Morgan fingerprint density at radius 3 is 2.52 bits per heavy atom. The number of hydrogen-bond acceptors (Lipinski definition) is 4. The van der Waals surface area contributed by atoms with E-state index in [1.165, 1.54) is 17.2 Å². The lowest BCUT2D eigenvalue weighted by atomic mass is 9.64. The Labute approximate surface area is 291 Å². The number of piperidine rings is 1. The van der Waals surface area contributed by atoms with Gasteiger partial charge < -0.3 is 15.1 Å². The number of ketones is 1. The number of likely N-dealkylation sites (tertiary alicyclic amines) is 1. The summed E-state index contributed by atoms with van der Waals surface area (Å²) >= 11 is 6.38. The van der Waals surface area contributed by atoms with Gasteiger partial charge >= 0.3 is 0 Å². The lowest BCUT2D eigenvalue weighted by Crippen LogP contribution is -2.53. The van der Waals surface area contributed by atoms with Gasteiger partial charge in [0, 0.05) is 34.5 Å². The molecule has 7 rings (SSSR count). The first-order chi connectivity index (χ1) is 23.0. The molecule has 2 fully saturated rings. The molecule has 1 heterocycles. The first-order valence-corrected chi connectivity index (χ1v) is 18.3. The van der Waals surface area contributed by atoms with E-state index in [0.29, 0.717) is 37.3 Å². The molecule has 2 bridgehead atoms. The van der Waals surface area contributed by atoms with Gasteiger partial charge in [-0.05, 0) is 131 Å². The highest BCUT2D eigenvalue weighted by molar-refractivity contribution is 6.31. The van der Waals surface area contributed by atoms with Gasteiger partial charge in [0.05, 0.1) is 11.7 Å². The van der Waals surface area contributed by atoms with Crippen molar-refractivity contribution in [2.75, 3.05) is 19.6 Å². The molecule has 0 spiro atoms. The molecule has 3 aromatic carbocycles. The summed E-state index contributed by atoms with van der Waals surface area (Å²) in [4.78, 5) is 16.6. The Kier molecular flexibility index (Phi) is 10.9. The number of halogens is 2. The third-order valence-corrected chi connectivity index (χ3v) is 12.3. The second-order valence-electron chi connectivity index (χ2n) is 15.2. The lowest BCUT2D eigenvalue weighted by molar-refractivity contribution is -0.0873. The average Bonchev–Trinajstić information content (AvgIpc) is 3.32. The fourth-order valence-electron chi connectivity index (χ4n) is 8.86. The number of rotatable bonds is 7. The summed E-state index contributed by atoms with van der Waals surface area (Å²) in [6.45, 7) is 6.95. The van der Waals surface area contributed by atoms with E-state index in [0.717, 1.165) is 69.2 Å². The van der Waals surface area contributed by atoms with Crippen LogP contribution in [0.3, 0.4) is 0 Å². The fourth-order valence-corrected chi connectivity index (χ4v) is 9.09. The van der Waals surface area contributed by atoms with Crippen LogP contribution in [-0.4, -0.2) is 52.2 Å². The topological polar surface area (TPSA) is 60.8 Å². The first kappa shape index (κ1) is 35.0. The zero-order valence-corrected chi connectivity index (χ0v) is 29.3. The van der Waals surface area contributed by atoms with Gasteiger partial charge in [0.1, 0.15) is 5.82 Å². The number of Topliss-reactive ketones (excluding diaryl/α,β-unsaturated/α-hetero) is 1. The summed E-state index contributed by atoms with van der Waals surface area (Å²) in [6.07, 6.45) is 9.89. The molecule has 0 unspecified atom stereocenters. The predicted molar refractivity (Wildman–Crippen MR) is 192 cm³/mol. The standard InChI is InChI=1S/C42H51ClFNO3/c1-29-8-7-20-41(2)37(17-21-42(41,48)28-45-22-18-31(19-23-45)24-30-9-4-3-5-10-30)34-16-14-32(25-33(46)15-13-29)26-35(34)40(47)27-36-38(43)11-6-12-39(36)44/h3-6,8-12,14,16,26,31,33,37,46,48H,7,13,15,17-25,27-28H2,1-2H3/t33-,37-,41-,42+/m0/s1. The first-order valence-electron chi connectivity index (χ1n) is 18.0. The van der Waals surface area contributed by atoms with Gasteiger partial charge in [0.25, 0.3) is 0 Å². The smallest absolute Gasteiger partial charge is 0.167 e. The predicted octanol–water partition coefficient (Wildman–Crippen LogP) is 8.90. The number of nitrogens with zero attached hydrogens (tertiary/aromatic N) is 1. The van der Waals surface area contributed by atoms with Crippen LogP contribution in [0.15, 0.2) is 78.4 Å². The number of carbonyl (C=O) groups excluding carboxylic acids is 1. The molecule has 0 radical (unpaired) electrons. The number of benzene rings is 3. The van der Waals surface area contributed by atoms with Crippen LogP contribution in [0.25, 0.3) is 0 Å². The van der Waals surface area contributed by atoms with Crippen molar-refractivity contribution in [3.63, 3.8) is 0 Å². The van der Waals surface area contributed by atoms with Crippen LogP contribution in [0.5, 0.6) is 0 Å². The minimum atomic E-state index is -0.924. The van der Waals surface area contributed by atoms with Crippen LogP contribution >= 0.6 is 11.6 Å². The van der Waals surface area contributed by atoms with Crippen LogP contribution < -0.4 is 0 Å². The molecule has 4 aliphatic rings. The van der Waals surface area contributed by atoms with Crippen LogP contribution in [-0.2, 0) is 19.3 Å². The maximum atomic E-state index is 14.9. The zero-order chi connectivity index (χ0) is 33.9. The molecule has 1 aliphatic heterocycles. The second kappa shape index (κ2) is 15.0. The molecule has 4 atom stereocenters. The van der Waals surface area contributed by atoms with Gasteiger partial charge in [-0.1, -0.05) is 78.7 Å². The van der Waals surface area contributed by atoms with Crippen molar-refractivity contribution < 1.29 is 19.4 Å². The largest absolute Gasteiger partial charge is 0.393 e. The molecule has 3 aliphatic carbocycles. The summed E-state index contributed by atoms with van der Waals surface area (Å²) < 4.78 is 14.9. The lowest BCUT2D eigenvalue weighted by Gasteiger charge is -2.47. The maximum absolute atomic E-state index is 14.9. The Morgan fingerprint density at radius 1 is 1.00 bits per heavy atom. The number of carbonyl (C=O) groups is 1. The van der Waals surface area contributed by atoms with Gasteiger partial charge in [-0.25, -0.2) is 4.39 Å². The molecule has 48 heavy (non-hydrogen) atoms. The van der Waals surface area contributed by atoms with Crippen molar-refractivity contribution >= 4 is 17.4 Å². The highest BCUT2D eigenvalue weighted by atomic mass is 35.5. The summed E-state index contributed by atoms with van der Waals surface area (Å²) in [5.74, 6) is -0.0691. The monoisotopic (exact) mass is 671 g/mol. The Hall–Kier alpha value is -2.83. The van der Waals surface area contributed by atoms with Crippen molar-refractivity contribution in [1.82, 2.24) is 4.90 Å². The minimum absolute atomic E-state index is 0.0521. The molecule has 3 aromatic rings. The molecule has 0 amide bonds. The Morgan fingerprint density at radius 2 is 1.77 bits per heavy atom. The van der Waals surface area contributed by atoms with E-state index in [-0.39, 0.29) is 28.7 Å². The molecular weight excluding hydrogens is 621 g/mol. The summed E-state index contributed by atoms with van der Waals surface area (Å²) in [5, 5.41) is 23.9. The highest BCUT2D eigenvalue weighted by Crippen LogP contribution is 2.59. The van der Waals surface area contributed by atoms with Crippen LogP contribution in [0.4, 0.5) is 4.39 Å². The van der Waals surface area contributed by atoms with E-state index < -0.39 is 22.9 Å². The van der Waals surface area contributed by atoms with E-state index in [2.05, 4.69) is 61.2 Å². The summed E-state index contributed by atoms with van der Waals surface area (Å²) in [5.41, 5.74) is 3.83. The molecular formula is C42H51ClFNO3. The van der Waals surface area contributed by atoms with Gasteiger partial charge in [0.2, 0.25) is 0 Å². The second-order valence-corrected chi connectivity index (χ2v) is 15.6. The van der Waals surface area contributed by atoms with Crippen molar-refractivity contribution in [3.05, 3.63) is 117 Å². The van der Waals surface area contributed by atoms with Crippen LogP contribution in [0.1, 0.15) is 104 Å². The van der Waals surface area contributed by atoms with Gasteiger partial charge in [0.15, 0.2) is 5.78 Å². The summed E-state index contributed by atoms with van der Waals surface area (Å²) in [6, 6.07) is 21.3. The van der Waals surface area contributed by atoms with Crippen molar-refractivity contribution in [2.24, 2.45) is 11.3 Å². The van der Waals surface area contributed by atoms with Crippen molar-refractivity contribution in [3.8, 4) is 0 Å². The average molecular weight is 672 g/mol. The Bertz CT molecular complexity index is 1600. The van der Waals surface area contributed by atoms with E-state index in [1.54, 1.807) is 12.1 Å². The molecule has 4 nitrogen and oxygen atoms in total. The third kappa shape index (κ3) is 7.65. The molecule has 6 heteroatoms. The van der Waals surface area contributed by atoms with Crippen LogP contribution in [0.2, 0.25) is 5.02 Å². The van der Waals surface area contributed by atoms with Crippen molar-refractivity contribution in [2.45, 2.75) is 102 Å². The van der Waals surface area contributed by atoms with Gasteiger partial charge in [-0.3, -0.25) is 4.79 Å². The van der Waals surface area contributed by atoms with Gasteiger partial charge in [-0.2, -0.15) is 0 Å². The molecule has 1 saturated heterocycles. The quantitative estimate of drug-likeness (QED) is 0.195. The fraction of sp³-hybridized carbons (Fsp3) is 0.500. The number of allylic oxidation sites excluding steroid dienone is 2. The van der Waals surface area contributed by atoms with E-state index in [9.17, 15) is 19.4 Å². The van der Waals surface area contributed by atoms with Crippen molar-refractivity contribution in [1.29, 1.82) is 0 Å². The van der Waals surface area contributed by atoms with E-state index >= 15 is 0 Å². The SMILES string of the molecule is CC1=CCC[C@@]2(C)[C@@H](CC[C@@]2(O)CN2CCC(Cc3ccccc3)CC2)c2ccc(cc2C(=O)Cc2c(F)cccc2Cl)C[C@@H](O)CC1. The maximum Gasteiger partial charge on any atom is 0.167 e. The normalized spacial score (nSPS) is 27.3. The number of hydrogen-bond donors (Lipinski definition) is 2. The number of fused-ring (bicyclic) bond motifs is 8. The number of aliphatic hydroxyl groups excluding tert-OH is 1. The summed E-state index contributed by atoms with van der Waals surface area (Å²) in [7, 11) is 0. The Balaban J connectivity index is 1.30. The van der Waals surface area contributed by atoms with Gasteiger partial charge in [-0.15, -0.1) is 0 Å². The molecule has 0 aromatic heterocycles. The third-order valence-electron chi connectivity index (χ3n) is 11.9. The molecule has 2 N–H and O–H groups in total. The minimum Gasteiger partial charge on any atom is -0.393 e. The number of aliphatic hydroxyl groups is 2. The molecule has 256 valence electrons. The number of β-amino-alcohol motifs (C(OH)–C–C–N with tert-alkyl or cyclic N) is 1. The van der Waals surface area contributed by atoms with Crippen LogP contribution in [0, 0.1) is 17.2 Å².